The number of piperazine rings is 1. The number of aromatic nitrogens is 5. The molecule has 1 saturated heterocycles. The van der Waals surface area contributed by atoms with Crippen LogP contribution in [0.1, 0.15) is 16.1 Å². The molecule has 10 heteroatoms. The summed E-state index contributed by atoms with van der Waals surface area (Å²) in [6.45, 7) is 3.50. The highest BCUT2D eigenvalue weighted by Gasteiger charge is 2.24. The third-order valence-electron chi connectivity index (χ3n) is 6.41. The van der Waals surface area contributed by atoms with Gasteiger partial charge in [-0.25, -0.2) is 4.98 Å². The lowest BCUT2D eigenvalue weighted by Crippen LogP contribution is -2.48. The number of imidazole rings is 1. The van der Waals surface area contributed by atoms with Gasteiger partial charge in [-0.1, -0.05) is 28.9 Å². The molecule has 0 aliphatic carbocycles. The molecule has 0 unspecified atom stereocenters. The first-order valence-corrected chi connectivity index (χ1v) is 12.0. The minimum atomic E-state index is 0.0402. The van der Waals surface area contributed by atoms with Crippen LogP contribution >= 0.6 is 11.6 Å². The molecule has 0 N–H and O–H groups in total. The number of carbonyl (C=O) groups excluding carboxylic acids is 1. The van der Waals surface area contributed by atoms with Crippen LogP contribution in [0.25, 0.3) is 28.3 Å². The Bertz CT molecular complexity index is 1490. The summed E-state index contributed by atoms with van der Waals surface area (Å²) in [6.07, 6.45) is 6.61. The fraction of sp³-hybridized carbons (Fsp3) is 0.192. The van der Waals surface area contributed by atoms with Gasteiger partial charge in [0, 0.05) is 73.0 Å². The molecule has 5 heterocycles. The third-order valence-corrected chi connectivity index (χ3v) is 6.67. The van der Waals surface area contributed by atoms with Crippen LogP contribution in [0.3, 0.4) is 0 Å². The zero-order valence-electron chi connectivity index (χ0n) is 19.3. The van der Waals surface area contributed by atoms with Crippen molar-refractivity contribution in [3.63, 3.8) is 0 Å². The Morgan fingerprint density at radius 3 is 2.42 bits per heavy atom. The van der Waals surface area contributed by atoms with Crippen molar-refractivity contribution in [1.82, 2.24) is 34.3 Å². The van der Waals surface area contributed by atoms with Crippen LogP contribution < -0.4 is 0 Å². The Kier molecular flexibility index (Phi) is 5.92. The number of amides is 1. The molecule has 1 fully saturated rings. The van der Waals surface area contributed by atoms with Gasteiger partial charge >= 0.3 is 0 Å². The van der Waals surface area contributed by atoms with Gasteiger partial charge < -0.3 is 13.8 Å². The van der Waals surface area contributed by atoms with Crippen molar-refractivity contribution in [2.75, 3.05) is 26.2 Å². The number of hydrogen-bond donors (Lipinski definition) is 0. The lowest BCUT2D eigenvalue weighted by atomic mass is 10.1. The van der Waals surface area contributed by atoms with Gasteiger partial charge in [0.2, 0.25) is 12.2 Å². The average molecular weight is 500 g/mol. The minimum absolute atomic E-state index is 0.0402. The lowest BCUT2D eigenvalue weighted by molar-refractivity contribution is 0.0627. The maximum absolute atomic E-state index is 12.9. The van der Waals surface area contributed by atoms with Gasteiger partial charge in [-0.05, 0) is 36.4 Å². The van der Waals surface area contributed by atoms with Crippen molar-refractivity contribution in [3.05, 3.63) is 89.8 Å². The molecule has 5 aromatic rings. The first-order valence-electron chi connectivity index (χ1n) is 11.6. The lowest BCUT2D eigenvalue weighted by Gasteiger charge is -2.34. The second-order valence-electron chi connectivity index (χ2n) is 8.62. The Balaban J connectivity index is 1.30. The molecule has 0 atom stereocenters. The molecule has 1 aromatic carbocycles. The topological polar surface area (TPSA) is 92.7 Å². The predicted molar refractivity (Wildman–Crippen MR) is 134 cm³/mol. The van der Waals surface area contributed by atoms with E-state index in [0.717, 1.165) is 41.3 Å². The van der Waals surface area contributed by atoms with Gasteiger partial charge in [0.1, 0.15) is 5.65 Å². The van der Waals surface area contributed by atoms with Crippen molar-refractivity contribution in [2.24, 2.45) is 0 Å². The van der Waals surface area contributed by atoms with Gasteiger partial charge in [-0.3, -0.25) is 14.7 Å². The van der Waals surface area contributed by atoms with E-state index < -0.39 is 0 Å². The Hall–Kier alpha value is -4.08. The smallest absolute Gasteiger partial charge is 0.254 e. The molecule has 6 rings (SSSR count). The minimum Gasteiger partial charge on any atom is -0.342 e. The van der Waals surface area contributed by atoms with Crippen molar-refractivity contribution in [3.8, 4) is 22.6 Å². The van der Waals surface area contributed by atoms with E-state index in [-0.39, 0.29) is 5.91 Å². The fourth-order valence-corrected chi connectivity index (χ4v) is 4.64. The highest BCUT2D eigenvalue weighted by atomic mass is 35.5. The predicted octanol–water partition coefficient (Wildman–Crippen LogP) is 4.06. The molecule has 180 valence electrons. The number of carbonyl (C=O) groups is 1. The molecule has 0 saturated carbocycles. The number of benzene rings is 1. The van der Waals surface area contributed by atoms with Crippen LogP contribution in [0.5, 0.6) is 0 Å². The van der Waals surface area contributed by atoms with E-state index in [1.54, 1.807) is 24.5 Å². The quantitative estimate of drug-likeness (QED) is 0.360. The highest BCUT2D eigenvalue weighted by molar-refractivity contribution is 6.30. The first-order chi connectivity index (χ1) is 17.7. The number of fused-ring (bicyclic) bond motifs is 1. The van der Waals surface area contributed by atoms with E-state index in [1.165, 1.54) is 6.39 Å². The molecular formula is C26H22ClN7O2. The van der Waals surface area contributed by atoms with Crippen molar-refractivity contribution in [1.29, 1.82) is 0 Å². The third kappa shape index (κ3) is 4.34. The number of hydrogen-bond acceptors (Lipinski definition) is 7. The molecule has 9 nitrogen and oxygen atoms in total. The molecule has 36 heavy (non-hydrogen) atoms. The van der Waals surface area contributed by atoms with Crippen molar-refractivity contribution >= 4 is 23.2 Å². The van der Waals surface area contributed by atoms with E-state index in [1.807, 2.05) is 47.5 Å². The van der Waals surface area contributed by atoms with E-state index in [4.69, 9.17) is 21.1 Å². The van der Waals surface area contributed by atoms with Gasteiger partial charge in [-0.15, -0.1) is 0 Å². The Labute approximate surface area is 212 Å². The van der Waals surface area contributed by atoms with Crippen molar-refractivity contribution < 1.29 is 9.32 Å². The second-order valence-corrected chi connectivity index (χ2v) is 9.06. The zero-order chi connectivity index (χ0) is 24.5. The maximum atomic E-state index is 12.9. The summed E-state index contributed by atoms with van der Waals surface area (Å²) in [4.78, 5) is 30.2. The first kappa shape index (κ1) is 22.4. The average Bonchev–Trinajstić information content (AvgIpc) is 3.58. The maximum Gasteiger partial charge on any atom is 0.254 e. The normalized spacial score (nSPS) is 14.4. The summed E-state index contributed by atoms with van der Waals surface area (Å²) in [7, 11) is 0. The van der Waals surface area contributed by atoms with Gasteiger partial charge in [0.15, 0.2) is 0 Å². The van der Waals surface area contributed by atoms with Crippen molar-refractivity contribution in [2.45, 2.75) is 6.54 Å². The van der Waals surface area contributed by atoms with Crippen LogP contribution in [-0.4, -0.2) is 66.4 Å². The van der Waals surface area contributed by atoms with Crippen LogP contribution in [-0.2, 0) is 6.54 Å². The number of pyridine rings is 2. The van der Waals surface area contributed by atoms with E-state index in [9.17, 15) is 4.79 Å². The molecular weight excluding hydrogens is 478 g/mol. The summed E-state index contributed by atoms with van der Waals surface area (Å²) in [6, 6.07) is 15.1. The van der Waals surface area contributed by atoms with E-state index in [2.05, 4.69) is 24.4 Å². The number of rotatable bonds is 5. The molecule has 0 radical (unpaired) electrons. The van der Waals surface area contributed by atoms with Crippen LogP contribution in [0.15, 0.2) is 78.0 Å². The largest absolute Gasteiger partial charge is 0.342 e. The molecule has 1 amide bonds. The second kappa shape index (κ2) is 9.52. The Morgan fingerprint density at radius 1 is 0.944 bits per heavy atom. The molecule has 0 bridgehead atoms. The van der Waals surface area contributed by atoms with Gasteiger partial charge in [-0.2, -0.15) is 4.98 Å². The highest BCUT2D eigenvalue weighted by Crippen LogP contribution is 2.29. The number of nitrogens with zero attached hydrogens (tertiary/aromatic N) is 7. The van der Waals surface area contributed by atoms with Gasteiger partial charge in [0.05, 0.1) is 11.4 Å². The fourth-order valence-electron chi connectivity index (χ4n) is 4.51. The van der Waals surface area contributed by atoms with E-state index >= 15 is 0 Å². The van der Waals surface area contributed by atoms with Crippen LogP contribution in [0.2, 0.25) is 5.02 Å². The summed E-state index contributed by atoms with van der Waals surface area (Å²) in [5.41, 5.74) is 5.27. The Morgan fingerprint density at radius 2 is 1.69 bits per heavy atom. The summed E-state index contributed by atoms with van der Waals surface area (Å²) in [5.74, 6) is 0.561. The SMILES string of the molecule is O=C(c1ccncc1)N1CCN(Cc2c(-c3ccc(Cl)cc3)nc3ccc(-c4ncon4)cn23)CC1. The summed E-state index contributed by atoms with van der Waals surface area (Å²) in [5, 5.41) is 4.66. The monoisotopic (exact) mass is 499 g/mol. The summed E-state index contributed by atoms with van der Waals surface area (Å²) < 4.78 is 7.02. The number of halogens is 1. The zero-order valence-corrected chi connectivity index (χ0v) is 20.0. The molecule has 1 aliphatic rings. The van der Waals surface area contributed by atoms with Gasteiger partial charge in [0.25, 0.3) is 5.91 Å². The standard InChI is InChI=1S/C26H22ClN7O2/c27-21-4-1-18(2-5-21)24-22(34-15-20(3-6-23(34)30-24)25-29-17-36-31-25)16-32-11-13-33(14-12-32)26(35)19-7-9-28-10-8-19/h1-10,15,17H,11-14,16H2. The van der Waals surface area contributed by atoms with E-state index in [0.29, 0.717) is 36.0 Å². The molecule has 4 aromatic heterocycles. The van der Waals surface area contributed by atoms with Crippen LogP contribution in [0, 0.1) is 0 Å². The summed E-state index contributed by atoms with van der Waals surface area (Å²) >= 11 is 6.14. The molecule has 1 aliphatic heterocycles. The van der Waals surface area contributed by atoms with Crippen LogP contribution in [0.4, 0.5) is 0 Å². The molecule has 0 spiro atoms.